The third-order valence-electron chi connectivity index (χ3n) is 4.68. The largest absolute Gasteiger partial charge is 0.322 e. The number of nitrogens with zero attached hydrogens (tertiary/aromatic N) is 3. The summed E-state index contributed by atoms with van der Waals surface area (Å²) >= 11 is 0. The second-order valence-electron chi connectivity index (χ2n) is 6.53. The van der Waals surface area contributed by atoms with E-state index in [0.717, 1.165) is 61.6 Å². The second-order valence-corrected chi connectivity index (χ2v) is 6.53. The molecule has 2 aromatic carbocycles. The topological polar surface area (TPSA) is 59.8 Å². The maximum atomic E-state index is 13.8. The minimum atomic E-state index is -0.897. The predicted molar refractivity (Wildman–Crippen MR) is 97.3 cm³/mol. The van der Waals surface area contributed by atoms with Crippen molar-refractivity contribution in [1.82, 2.24) is 14.8 Å². The van der Waals surface area contributed by atoms with Crippen LogP contribution in [0.2, 0.25) is 0 Å². The van der Waals surface area contributed by atoms with Gasteiger partial charge in [0.1, 0.15) is 23.0 Å². The molecule has 0 unspecified atom stereocenters. The number of carbonyl (C=O) groups is 1. The molecule has 3 aromatic rings. The fourth-order valence-corrected chi connectivity index (χ4v) is 3.34. The molecule has 0 saturated heterocycles. The number of hydrogen-bond acceptors (Lipinski definition) is 3. The standard InChI is InChI=1S/C20H18F2N4O/c21-15-8-5-9-16(22)18(15)20(27)23-14-7-4-6-13(12-14)19-25-24-17-10-2-1-3-11-26(17)19/h4-9,12H,1-3,10-11H2,(H,23,27). The molecule has 138 valence electrons. The highest BCUT2D eigenvalue weighted by Crippen LogP contribution is 2.25. The summed E-state index contributed by atoms with van der Waals surface area (Å²) in [6.45, 7) is 0.856. The summed E-state index contributed by atoms with van der Waals surface area (Å²) in [4.78, 5) is 12.3. The van der Waals surface area contributed by atoms with E-state index in [0.29, 0.717) is 5.69 Å². The minimum Gasteiger partial charge on any atom is -0.322 e. The molecule has 0 aliphatic carbocycles. The van der Waals surface area contributed by atoms with Gasteiger partial charge in [-0.1, -0.05) is 24.6 Å². The fourth-order valence-electron chi connectivity index (χ4n) is 3.34. The van der Waals surface area contributed by atoms with E-state index in [2.05, 4.69) is 20.1 Å². The number of hydrogen-bond donors (Lipinski definition) is 1. The first-order valence-corrected chi connectivity index (χ1v) is 8.91. The zero-order valence-electron chi connectivity index (χ0n) is 14.6. The van der Waals surface area contributed by atoms with E-state index in [1.165, 1.54) is 6.07 Å². The Morgan fingerprint density at radius 3 is 2.59 bits per heavy atom. The van der Waals surface area contributed by atoms with Crippen LogP contribution in [-0.2, 0) is 13.0 Å². The van der Waals surface area contributed by atoms with Crippen molar-refractivity contribution in [2.75, 3.05) is 5.32 Å². The Bertz CT molecular complexity index is 979. The number of aromatic nitrogens is 3. The van der Waals surface area contributed by atoms with Crippen molar-refractivity contribution in [3.63, 3.8) is 0 Å². The summed E-state index contributed by atoms with van der Waals surface area (Å²) in [6.07, 6.45) is 4.23. The lowest BCUT2D eigenvalue weighted by molar-refractivity contribution is 0.101. The maximum absolute atomic E-state index is 13.8. The summed E-state index contributed by atoms with van der Waals surface area (Å²) in [5.74, 6) is -0.925. The van der Waals surface area contributed by atoms with Gasteiger partial charge in [0.25, 0.3) is 5.91 Å². The van der Waals surface area contributed by atoms with Crippen LogP contribution in [0, 0.1) is 11.6 Å². The first kappa shape index (κ1) is 17.3. The normalized spacial score (nSPS) is 13.7. The molecule has 27 heavy (non-hydrogen) atoms. The lowest BCUT2D eigenvalue weighted by Gasteiger charge is -2.10. The van der Waals surface area contributed by atoms with Crippen LogP contribution in [0.4, 0.5) is 14.5 Å². The molecule has 0 atom stereocenters. The number of carbonyl (C=O) groups excluding carboxylic acids is 1. The molecule has 0 saturated carbocycles. The number of anilines is 1. The number of nitrogens with one attached hydrogen (secondary N) is 1. The molecular formula is C20H18F2N4O. The Labute approximate surface area is 155 Å². The van der Waals surface area contributed by atoms with Gasteiger partial charge in [-0.05, 0) is 37.1 Å². The van der Waals surface area contributed by atoms with E-state index in [4.69, 9.17) is 0 Å². The highest BCUT2D eigenvalue weighted by atomic mass is 19.1. The lowest BCUT2D eigenvalue weighted by Crippen LogP contribution is -2.15. The van der Waals surface area contributed by atoms with Crippen molar-refractivity contribution < 1.29 is 13.6 Å². The van der Waals surface area contributed by atoms with E-state index in [1.54, 1.807) is 18.2 Å². The van der Waals surface area contributed by atoms with E-state index in [9.17, 15) is 13.6 Å². The van der Waals surface area contributed by atoms with Gasteiger partial charge in [-0.3, -0.25) is 4.79 Å². The number of amides is 1. The molecule has 1 aliphatic rings. The van der Waals surface area contributed by atoms with Crippen LogP contribution >= 0.6 is 0 Å². The average molecular weight is 368 g/mol. The van der Waals surface area contributed by atoms with Crippen LogP contribution in [0.1, 0.15) is 35.4 Å². The molecule has 1 amide bonds. The third kappa shape index (κ3) is 3.45. The van der Waals surface area contributed by atoms with Crippen molar-refractivity contribution >= 4 is 11.6 Å². The van der Waals surface area contributed by atoms with Crippen molar-refractivity contribution in [3.8, 4) is 11.4 Å². The van der Waals surface area contributed by atoms with Gasteiger partial charge < -0.3 is 9.88 Å². The van der Waals surface area contributed by atoms with Gasteiger partial charge >= 0.3 is 0 Å². The molecule has 5 nitrogen and oxygen atoms in total. The number of benzene rings is 2. The smallest absolute Gasteiger partial charge is 0.261 e. The molecular weight excluding hydrogens is 350 g/mol. The van der Waals surface area contributed by atoms with Crippen molar-refractivity contribution in [3.05, 3.63) is 65.5 Å². The van der Waals surface area contributed by atoms with Crippen LogP contribution in [0.3, 0.4) is 0 Å². The number of aryl methyl sites for hydroxylation is 1. The van der Waals surface area contributed by atoms with Crippen LogP contribution < -0.4 is 5.32 Å². The summed E-state index contributed by atoms with van der Waals surface area (Å²) in [5.41, 5.74) is 0.632. The number of rotatable bonds is 3. The molecule has 1 aliphatic heterocycles. The Balaban J connectivity index is 1.62. The zero-order chi connectivity index (χ0) is 18.8. The summed E-state index contributed by atoms with van der Waals surface area (Å²) in [7, 11) is 0. The quantitative estimate of drug-likeness (QED) is 0.754. The van der Waals surface area contributed by atoms with E-state index in [-0.39, 0.29) is 0 Å². The Kier molecular flexibility index (Phi) is 4.66. The van der Waals surface area contributed by atoms with Crippen LogP contribution in [0.25, 0.3) is 11.4 Å². The van der Waals surface area contributed by atoms with Crippen LogP contribution in [0.15, 0.2) is 42.5 Å². The van der Waals surface area contributed by atoms with Crippen molar-refractivity contribution in [1.29, 1.82) is 0 Å². The predicted octanol–water partition coefficient (Wildman–Crippen LogP) is 4.20. The molecule has 4 rings (SSSR count). The molecule has 2 heterocycles. The van der Waals surface area contributed by atoms with Gasteiger partial charge in [0.2, 0.25) is 0 Å². The first-order chi connectivity index (χ1) is 13.1. The average Bonchev–Trinajstić information content (AvgIpc) is 2.90. The fraction of sp³-hybridized carbons (Fsp3) is 0.250. The van der Waals surface area contributed by atoms with E-state index >= 15 is 0 Å². The molecule has 1 N–H and O–H groups in total. The molecule has 7 heteroatoms. The second kappa shape index (κ2) is 7.26. The zero-order valence-corrected chi connectivity index (χ0v) is 14.6. The van der Waals surface area contributed by atoms with E-state index in [1.807, 2.05) is 6.07 Å². The first-order valence-electron chi connectivity index (χ1n) is 8.91. The van der Waals surface area contributed by atoms with Gasteiger partial charge in [-0.2, -0.15) is 0 Å². The van der Waals surface area contributed by atoms with Crippen LogP contribution in [-0.4, -0.2) is 20.7 Å². The van der Waals surface area contributed by atoms with Crippen molar-refractivity contribution in [2.45, 2.75) is 32.2 Å². The summed E-state index contributed by atoms with van der Waals surface area (Å²) < 4.78 is 29.7. The number of halogens is 2. The van der Waals surface area contributed by atoms with Gasteiger partial charge in [0, 0.05) is 24.2 Å². The van der Waals surface area contributed by atoms with Gasteiger partial charge in [0.05, 0.1) is 0 Å². The van der Waals surface area contributed by atoms with Gasteiger partial charge in [0.15, 0.2) is 5.82 Å². The SMILES string of the molecule is O=C(Nc1cccc(-c2nnc3n2CCCCC3)c1)c1c(F)cccc1F. The summed E-state index contributed by atoms with van der Waals surface area (Å²) in [5, 5.41) is 11.1. The molecule has 0 radical (unpaired) electrons. The molecule has 0 bridgehead atoms. The van der Waals surface area contributed by atoms with Crippen molar-refractivity contribution in [2.24, 2.45) is 0 Å². The monoisotopic (exact) mass is 368 g/mol. The van der Waals surface area contributed by atoms with Gasteiger partial charge in [-0.15, -0.1) is 10.2 Å². The minimum absolute atomic E-state index is 0.436. The number of fused-ring (bicyclic) bond motifs is 1. The highest BCUT2D eigenvalue weighted by Gasteiger charge is 2.19. The maximum Gasteiger partial charge on any atom is 0.261 e. The lowest BCUT2D eigenvalue weighted by atomic mass is 10.1. The Morgan fingerprint density at radius 1 is 1.00 bits per heavy atom. The molecule has 0 fully saturated rings. The Hall–Kier alpha value is -3.09. The summed E-state index contributed by atoms with van der Waals surface area (Å²) in [6, 6.07) is 10.4. The molecule has 0 spiro atoms. The van der Waals surface area contributed by atoms with Gasteiger partial charge in [-0.25, -0.2) is 8.78 Å². The Morgan fingerprint density at radius 2 is 1.78 bits per heavy atom. The van der Waals surface area contributed by atoms with E-state index < -0.39 is 23.1 Å². The van der Waals surface area contributed by atoms with Crippen LogP contribution in [0.5, 0.6) is 0 Å². The highest BCUT2D eigenvalue weighted by molar-refractivity contribution is 6.04. The molecule has 1 aromatic heterocycles. The third-order valence-corrected chi connectivity index (χ3v) is 4.68.